The maximum Gasteiger partial charge on any atom is 0.338 e. The molecular formula is C23H26N2O4. The zero-order chi connectivity index (χ0) is 20.6. The monoisotopic (exact) mass is 394 g/mol. The van der Waals surface area contributed by atoms with Gasteiger partial charge in [-0.3, -0.25) is 9.59 Å². The second kappa shape index (κ2) is 9.87. The lowest BCUT2D eigenvalue weighted by Gasteiger charge is -2.21. The Morgan fingerprint density at radius 1 is 0.897 bits per heavy atom. The van der Waals surface area contributed by atoms with E-state index in [4.69, 9.17) is 4.74 Å². The fourth-order valence-electron chi connectivity index (χ4n) is 3.59. The lowest BCUT2D eigenvalue weighted by Crippen LogP contribution is -2.21. The van der Waals surface area contributed by atoms with E-state index in [-0.39, 0.29) is 12.5 Å². The number of ether oxygens (including phenoxy) is 1. The van der Waals surface area contributed by atoms with Crippen LogP contribution in [0.5, 0.6) is 0 Å². The van der Waals surface area contributed by atoms with Crippen LogP contribution in [0.1, 0.15) is 64.3 Å². The minimum atomic E-state index is -0.523. The van der Waals surface area contributed by atoms with Crippen LogP contribution in [-0.2, 0) is 9.53 Å². The Bertz CT molecular complexity index is 853. The summed E-state index contributed by atoms with van der Waals surface area (Å²) in [6.45, 7) is -0.375. The Labute approximate surface area is 170 Å². The van der Waals surface area contributed by atoms with Gasteiger partial charge in [0.25, 0.3) is 11.8 Å². The molecule has 2 aromatic rings. The molecule has 0 spiro atoms. The van der Waals surface area contributed by atoms with E-state index in [1.165, 1.54) is 37.7 Å². The molecule has 1 aliphatic carbocycles. The van der Waals surface area contributed by atoms with Gasteiger partial charge in [0.05, 0.1) is 5.56 Å². The lowest BCUT2D eigenvalue weighted by atomic mass is 9.84. The maximum atomic E-state index is 12.2. The van der Waals surface area contributed by atoms with E-state index in [1.807, 2.05) is 12.1 Å². The van der Waals surface area contributed by atoms with E-state index in [0.29, 0.717) is 22.7 Å². The van der Waals surface area contributed by atoms with Crippen molar-refractivity contribution in [3.63, 3.8) is 0 Å². The minimum Gasteiger partial charge on any atom is -0.452 e. The molecule has 6 nitrogen and oxygen atoms in total. The number of benzene rings is 2. The zero-order valence-corrected chi connectivity index (χ0v) is 16.6. The molecule has 3 rings (SSSR count). The average Bonchev–Trinajstić information content (AvgIpc) is 2.78. The smallest absolute Gasteiger partial charge is 0.338 e. The minimum absolute atomic E-state index is 0.202. The third-order valence-corrected chi connectivity index (χ3v) is 5.22. The quantitative estimate of drug-likeness (QED) is 0.728. The van der Waals surface area contributed by atoms with Crippen LogP contribution in [0.25, 0.3) is 0 Å². The van der Waals surface area contributed by atoms with E-state index >= 15 is 0 Å². The number of carbonyl (C=O) groups excluding carboxylic acids is 3. The molecule has 0 heterocycles. The highest BCUT2D eigenvalue weighted by Gasteiger charge is 2.16. The highest BCUT2D eigenvalue weighted by molar-refractivity contribution is 5.97. The molecule has 1 fully saturated rings. The van der Waals surface area contributed by atoms with Crippen LogP contribution < -0.4 is 10.6 Å². The molecular weight excluding hydrogens is 368 g/mol. The van der Waals surface area contributed by atoms with Crippen molar-refractivity contribution < 1.29 is 19.1 Å². The predicted molar refractivity (Wildman–Crippen MR) is 111 cm³/mol. The first-order valence-corrected chi connectivity index (χ1v) is 9.96. The topological polar surface area (TPSA) is 84.5 Å². The molecule has 1 aliphatic rings. The highest BCUT2D eigenvalue weighted by Crippen LogP contribution is 2.32. The van der Waals surface area contributed by atoms with Crippen molar-refractivity contribution >= 4 is 23.5 Å². The Kier molecular flexibility index (Phi) is 7.00. The van der Waals surface area contributed by atoms with E-state index in [1.54, 1.807) is 43.4 Å². The van der Waals surface area contributed by atoms with Gasteiger partial charge in [-0.1, -0.05) is 31.4 Å². The lowest BCUT2D eigenvalue weighted by molar-refractivity contribution is -0.119. The van der Waals surface area contributed by atoms with E-state index in [0.717, 1.165) is 0 Å². The molecule has 0 aliphatic heterocycles. The summed E-state index contributed by atoms with van der Waals surface area (Å²) in [6.07, 6.45) is 6.24. The van der Waals surface area contributed by atoms with Crippen molar-refractivity contribution in [3.8, 4) is 0 Å². The Morgan fingerprint density at radius 2 is 1.52 bits per heavy atom. The largest absolute Gasteiger partial charge is 0.452 e. The molecule has 2 amide bonds. The van der Waals surface area contributed by atoms with Crippen LogP contribution in [0, 0.1) is 0 Å². The van der Waals surface area contributed by atoms with E-state index < -0.39 is 11.9 Å². The maximum absolute atomic E-state index is 12.2. The second-order valence-corrected chi connectivity index (χ2v) is 7.24. The Balaban J connectivity index is 1.48. The molecule has 2 aromatic carbocycles. The summed E-state index contributed by atoms with van der Waals surface area (Å²) in [5.74, 6) is -0.587. The van der Waals surface area contributed by atoms with Crippen LogP contribution >= 0.6 is 0 Å². The molecule has 0 radical (unpaired) electrons. The van der Waals surface area contributed by atoms with Crippen molar-refractivity contribution in [1.82, 2.24) is 5.32 Å². The van der Waals surface area contributed by atoms with Crippen LogP contribution in [0.2, 0.25) is 0 Å². The number of rotatable bonds is 6. The van der Waals surface area contributed by atoms with Gasteiger partial charge in [0.1, 0.15) is 0 Å². The van der Waals surface area contributed by atoms with Gasteiger partial charge >= 0.3 is 5.97 Å². The second-order valence-electron chi connectivity index (χ2n) is 7.24. The van der Waals surface area contributed by atoms with E-state index in [9.17, 15) is 14.4 Å². The molecule has 29 heavy (non-hydrogen) atoms. The molecule has 0 bridgehead atoms. The van der Waals surface area contributed by atoms with Gasteiger partial charge in [0.2, 0.25) is 0 Å². The third kappa shape index (κ3) is 5.67. The molecule has 152 valence electrons. The van der Waals surface area contributed by atoms with Crippen molar-refractivity contribution in [2.24, 2.45) is 0 Å². The summed E-state index contributed by atoms with van der Waals surface area (Å²) in [7, 11) is 1.55. The molecule has 0 aromatic heterocycles. The first-order valence-electron chi connectivity index (χ1n) is 9.96. The number of nitrogens with one attached hydrogen (secondary N) is 2. The van der Waals surface area contributed by atoms with Crippen molar-refractivity contribution in [1.29, 1.82) is 0 Å². The molecule has 6 heteroatoms. The highest BCUT2D eigenvalue weighted by atomic mass is 16.5. The van der Waals surface area contributed by atoms with Crippen LogP contribution in [0.4, 0.5) is 5.69 Å². The summed E-state index contributed by atoms with van der Waals surface area (Å²) in [5, 5.41) is 5.17. The van der Waals surface area contributed by atoms with Gasteiger partial charge in [-0.25, -0.2) is 4.79 Å². The first kappa shape index (κ1) is 20.6. The first-order chi connectivity index (χ1) is 14.1. The van der Waals surface area contributed by atoms with Crippen molar-refractivity contribution in [2.75, 3.05) is 19.0 Å². The third-order valence-electron chi connectivity index (χ3n) is 5.22. The Hall–Kier alpha value is -3.15. The van der Waals surface area contributed by atoms with Gasteiger partial charge in [0.15, 0.2) is 6.61 Å². The standard InChI is InChI=1S/C23H26N2O4/c1-24-22(27)18-11-13-20(14-12-18)25-21(26)15-29-23(28)19-9-7-17(8-10-19)16-5-3-2-4-6-16/h7-14,16H,2-6,15H2,1H3,(H,24,27)(H,25,26). The number of hydrogen-bond acceptors (Lipinski definition) is 4. The zero-order valence-electron chi connectivity index (χ0n) is 16.6. The molecule has 2 N–H and O–H groups in total. The fourth-order valence-corrected chi connectivity index (χ4v) is 3.59. The number of anilines is 1. The van der Waals surface area contributed by atoms with Crippen molar-refractivity contribution in [3.05, 3.63) is 65.2 Å². The summed E-state index contributed by atoms with van der Waals surface area (Å²) < 4.78 is 5.11. The van der Waals surface area contributed by atoms with Gasteiger partial charge in [-0.05, 0) is 60.7 Å². The summed E-state index contributed by atoms with van der Waals surface area (Å²) in [6, 6.07) is 14.0. The fraction of sp³-hybridized carbons (Fsp3) is 0.348. The van der Waals surface area contributed by atoms with Gasteiger partial charge in [0, 0.05) is 18.3 Å². The Morgan fingerprint density at radius 3 is 2.14 bits per heavy atom. The molecule has 0 unspecified atom stereocenters. The number of hydrogen-bond donors (Lipinski definition) is 2. The normalized spacial score (nSPS) is 14.1. The van der Waals surface area contributed by atoms with Crippen LogP contribution in [0.3, 0.4) is 0 Å². The number of carbonyl (C=O) groups is 3. The summed E-state index contributed by atoms with van der Waals surface area (Å²) in [4.78, 5) is 35.7. The van der Waals surface area contributed by atoms with Crippen LogP contribution in [-0.4, -0.2) is 31.4 Å². The van der Waals surface area contributed by atoms with Gasteiger partial charge in [-0.15, -0.1) is 0 Å². The molecule has 0 atom stereocenters. The van der Waals surface area contributed by atoms with Gasteiger partial charge < -0.3 is 15.4 Å². The van der Waals surface area contributed by atoms with Gasteiger partial charge in [-0.2, -0.15) is 0 Å². The number of esters is 1. The molecule has 1 saturated carbocycles. The van der Waals surface area contributed by atoms with Crippen molar-refractivity contribution in [2.45, 2.75) is 38.0 Å². The summed E-state index contributed by atoms with van der Waals surface area (Å²) in [5.41, 5.74) is 2.72. The van der Waals surface area contributed by atoms with E-state index in [2.05, 4.69) is 10.6 Å². The SMILES string of the molecule is CNC(=O)c1ccc(NC(=O)COC(=O)c2ccc(C3CCCCC3)cc2)cc1. The average molecular weight is 394 g/mol. The number of amides is 2. The van der Waals surface area contributed by atoms with Crippen LogP contribution in [0.15, 0.2) is 48.5 Å². The molecule has 0 saturated heterocycles. The predicted octanol–water partition coefficient (Wildman–Crippen LogP) is 3.89. The summed E-state index contributed by atoms with van der Waals surface area (Å²) >= 11 is 0.